The van der Waals surface area contributed by atoms with E-state index in [0.717, 1.165) is 12.2 Å². The Balaban J connectivity index is 0. The molecule has 0 aromatic carbocycles. The molecule has 0 aliphatic carbocycles. The van der Waals surface area contributed by atoms with Crippen molar-refractivity contribution in [3.05, 3.63) is 18.2 Å². The van der Waals surface area contributed by atoms with Crippen LogP contribution in [0.3, 0.4) is 0 Å². The highest BCUT2D eigenvalue weighted by Gasteiger charge is 2.26. The van der Waals surface area contributed by atoms with Crippen molar-refractivity contribution in [1.82, 2.24) is 15.3 Å². The van der Waals surface area contributed by atoms with Crippen molar-refractivity contribution in [1.29, 1.82) is 0 Å². The zero-order valence-corrected chi connectivity index (χ0v) is 12.4. The first-order valence-corrected chi connectivity index (χ1v) is 5.61. The third-order valence-corrected chi connectivity index (χ3v) is 2.49. The van der Waals surface area contributed by atoms with Gasteiger partial charge in [-0.1, -0.05) is 13.3 Å². The number of imidazole rings is 1. The molecular weight excluding hydrogens is 275 g/mol. The van der Waals surface area contributed by atoms with Crippen LogP contribution in [0.25, 0.3) is 0 Å². The molecule has 0 aliphatic heterocycles. The van der Waals surface area contributed by atoms with Gasteiger partial charge in [-0.3, -0.25) is 4.79 Å². The van der Waals surface area contributed by atoms with Crippen molar-refractivity contribution < 1.29 is 4.79 Å². The minimum absolute atomic E-state index is 0. The molecule has 1 rings (SSSR count). The van der Waals surface area contributed by atoms with Gasteiger partial charge < -0.3 is 16.0 Å². The van der Waals surface area contributed by atoms with Gasteiger partial charge in [-0.05, 0) is 13.3 Å². The maximum absolute atomic E-state index is 11.7. The molecule has 1 aromatic rings. The lowest BCUT2D eigenvalue weighted by molar-refractivity contribution is -0.126. The Morgan fingerprint density at radius 2 is 2.22 bits per heavy atom. The molecule has 7 heteroatoms. The molecule has 0 saturated heterocycles. The quantitative estimate of drug-likeness (QED) is 0.742. The summed E-state index contributed by atoms with van der Waals surface area (Å²) in [7, 11) is 0. The van der Waals surface area contributed by atoms with E-state index in [-0.39, 0.29) is 30.7 Å². The van der Waals surface area contributed by atoms with Gasteiger partial charge in [-0.15, -0.1) is 24.8 Å². The van der Waals surface area contributed by atoms with E-state index in [2.05, 4.69) is 15.3 Å². The number of nitrogens with zero attached hydrogens (tertiary/aromatic N) is 1. The summed E-state index contributed by atoms with van der Waals surface area (Å²) >= 11 is 0. The summed E-state index contributed by atoms with van der Waals surface area (Å²) in [5, 5.41) is 2.82. The van der Waals surface area contributed by atoms with Gasteiger partial charge in [-0.25, -0.2) is 4.98 Å². The molecule has 5 nitrogen and oxygen atoms in total. The van der Waals surface area contributed by atoms with Crippen LogP contribution >= 0.6 is 24.8 Å². The van der Waals surface area contributed by atoms with Crippen molar-refractivity contribution in [2.24, 2.45) is 5.73 Å². The highest BCUT2D eigenvalue weighted by molar-refractivity contribution is 5.86. The van der Waals surface area contributed by atoms with Crippen LogP contribution in [-0.4, -0.2) is 28.0 Å². The van der Waals surface area contributed by atoms with E-state index in [1.807, 2.05) is 6.92 Å². The van der Waals surface area contributed by atoms with E-state index in [1.54, 1.807) is 19.3 Å². The third-order valence-electron chi connectivity index (χ3n) is 2.49. The Kier molecular flexibility index (Phi) is 9.99. The summed E-state index contributed by atoms with van der Waals surface area (Å²) < 4.78 is 0. The number of amides is 1. The van der Waals surface area contributed by atoms with Crippen molar-refractivity contribution in [3.8, 4) is 0 Å². The fraction of sp³-hybridized carbons (Fsp3) is 0.636. The summed E-state index contributed by atoms with van der Waals surface area (Å²) in [6, 6.07) is 0. The van der Waals surface area contributed by atoms with Crippen LogP contribution in [0.2, 0.25) is 0 Å². The number of nitrogens with one attached hydrogen (secondary N) is 2. The first-order valence-electron chi connectivity index (χ1n) is 5.61. The standard InChI is InChI=1S/C11H20N4O.2ClH/c1-3-5-11(2,12)10(16)15-6-4-9-13-7-8-14-9;;/h7-8H,3-6,12H2,1-2H3,(H,13,14)(H,15,16);2*1H. The van der Waals surface area contributed by atoms with E-state index in [4.69, 9.17) is 5.73 Å². The molecule has 1 aromatic heterocycles. The SMILES string of the molecule is CCCC(C)(N)C(=O)NCCc1ncc[nH]1.Cl.Cl. The topological polar surface area (TPSA) is 83.8 Å². The smallest absolute Gasteiger partial charge is 0.239 e. The van der Waals surface area contributed by atoms with Crippen LogP contribution in [-0.2, 0) is 11.2 Å². The zero-order chi connectivity index (χ0) is 12.0. The van der Waals surface area contributed by atoms with Crippen LogP contribution in [0.4, 0.5) is 0 Å². The van der Waals surface area contributed by atoms with Gasteiger partial charge in [-0.2, -0.15) is 0 Å². The monoisotopic (exact) mass is 296 g/mol. The number of halogens is 2. The van der Waals surface area contributed by atoms with Gasteiger partial charge >= 0.3 is 0 Å². The number of H-pyrrole nitrogens is 1. The van der Waals surface area contributed by atoms with Gasteiger partial charge in [0.1, 0.15) is 5.82 Å². The Morgan fingerprint density at radius 1 is 1.56 bits per heavy atom. The summed E-state index contributed by atoms with van der Waals surface area (Å²) in [4.78, 5) is 18.8. The largest absolute Gasteiger partial charge is 0.354 e. The van der Waals surface area contributed by atoms with Gasteiger partial charge in [0.15, 0.2) is 0 Å². The number of carbonyl (C=O) groups excluding carboxylic acids is 1. The van der Waals surface area contributed by atoms with Gasteiger partial charge in [0.2, 0.25) is 5.91 Å². The Hall–Kier alpha value is -0.780. The molecular formula is C11H22Cl2N4O. The molecule has 0 saturated carbocycles. The van der Waals surface area contributed by atoms with Crippen molar-refractivity contribution >= 4 is 30.7 Å². The average Bonchev–Trinajstić information content (AvgIpc) is 2.70. The minimum Gasteiger partial charge on any atom is -0.354 e. The number of rotatable bonds is 6. The second-order valence-electron chi connectivity index (χ2n) is 4.21. The maximum atomic E-state index is 11.7. The van der Waals surface area contributed by atoms with E-state index >= 15 is 0 Å². The Labute approximate surface area is 120 Å². The number of aromatic amines is 1. The molecule has 0 fully saturated rings. The van der Waals surface area contributed by atoms with Crippen LogP contribution in [0.1, 0.15) is 32.5 Å². The molecule has 1 unspecified atom stereocenters. The Bertz CT molecular complexity index is 328. The normalized spacial score (nSPS) is 12.8. The lowest BCUT2D eigenvalue weighted by Gasteiger charge is -2.22. The fourth-order valence-corrected chi connectivity index (χ4v) is 1.56. The minimum atomic E-state index is -0.766. The molecule has 1 amide bonds. The molecule has 0 bridgehead atoms. The predicted molar refractivity (Wildman–Crippen MR) is 77.3 cm³/mol. The number of aromatic nitrogens is 2. The van der Waals surface area contributed by atoms with Gasteiger partial charge in [0, 0.05) is 25.4 Å². The van der Waals surface area contributed by atoms with E-state index in [0.29, 0.717) is 19.4 Å². The Morgan fingerprint density at radius 3 is 2.72 bits per heavy atom. The molecule has 18 heavy (non-hydrogen) atoms. The lowest BCUT2D eigenvalue weighted by atomic mass is 9.96. The number of hydrogen-bond donors (Lipinski definition) is 3. The maximum Gasteiger partial charge on any atom is 0.239 e. The summed E-state index contributed by atoms with van der Waals surface area (Å²) in [5.41, 5.74) is 5.13. The van der Waals surface area contributed by atoms with Crippen LogP contribution < -0.4 is 11.1 Å². The molecule has 0 aliphatic rings. The van der Waals surface area contributed by atoms with Crippen molar-refractivity contribution in [3.63, 3.8) is 0 Å². The highest BCUT2D eigenvalue weighted by atomic mass is 35.5. The van der Waals surface area contributed by atoms with Gasteiger partial charge in [0.05, 0.1) is 5.54 Å². The summed E-state index contributed by atoms with van der Waals surface area (Å²) in [6.07, 6.45) is 5.75. The first-order chi connectivity index (χ1) is 7.56. The third kappa shape index (κ3) is 6.23. The predicted octanol–water partition coefficient (Wildman–Crippen LogP) is 1.43. The second kappa shape index (κ2) is 9.19. The zero-order valence-electron chi connectivity index (χ0n) is 10.7. The molecule has 1 atom stereocenters. The summed E-state index contributed by atoms with van der Waals surface area (Å²) in [6.45, 7) is 4.34. The summed E-state index contributed by atoms with van der Waals surface area (Å²) in [5.74, 6) is 0.774. The first kappa shape index (κ1) is 19.6. The molecule has 4 N–H and O–H groups in total. The van der Waals surface area contributed by atoms with E-state index in [1.165, 1.54) is 0 Å². The fourth-order valence-electron chi connectivity index (χ4n) is 1.56. The van der Waals surface area contributed by atoms with Gasteiger partial charge in [0.25, 0.3) is 0 Å². The second-order valence-corrected chi connectivity index (χ2v) is 4.21. The highest BCUT2D eigenvalue weighted by Crippen LogP contribution is 2.08. The van der Waals surface area contributed by atoms with Crippen LogP contribution in [0.15, 0.2) is 12.4 Å². The molecule has 0 spiro atoms. The number of carbonyl (C=O) groups is 1. The van der Waals surface area contributed by atoms with Crippen LogP contribution in [0, 0.1) is 0 Å². The molecule has 0 radical (unpaired) electrons. The lowest BCUT2D eigenvalue weighted by Crippen LogP contribution is -2.51. The number of hydrogen-bond acceptors (Lipinski definition) is 3. The average molecular weight is 297 g/mol. The van der Waals surface area contributed by atoms with Crippen molar-refractivity contribution in [2.75, 3.05) is 6.54 Å². The molecule has 1 heterocycles. The molecule has 106 valence electrons. The van der Waals surface area contributed by atoms with Crippen molar-refractivity contribution in [2.45, 2.75) is 38.6 Å². The van der Waals surface area contributed by atoms with E-state index in [9.17, 15) is 4.79 Å². The van der Waals surface area contributed by atoms with E-state index < -0.39 is 5.54 Å². The number of nitrogens with two attached hydrogens (primary N) is 1. The van der Waals surface area contributed by atoms with Crippen LogP contribution in [0.5, 0.6) is 0 Å².